The number of para-hydroxylation sites is 1. The highest BCUT2D eigenvalue weighted by Crippen LogP contribution is 2.25. The lowest BCUT2D eigenvalue weighted by Gasteiger charge is -2.38. The smallest absolute Gasteiger partial charge is 0.193 e. The van der Waals surface area contributed by atoms with E-state index in [9.17, 15) is 0 Å². The number of aliphatic imine (C=N–C) groups is 1. The third kappa shape index (κ3) is 5.38. The Morgan fingerprint density at radius 1 is 1.27 bits per heavy atom. The molecule has 7 heteroatoms. The molecule has 1 N–H and O–H groups in total. The zero-order valence-corrected chi connectivity index (χ0v) is 17.0. The van der Waals surface area contributed by atoms with Crippen LogP contribution in [-0.4, -0.2) is 62.6 Å². The number of piperazine rings is 1. The lowest BCUT2D eigenvalue weighted by molar-refractivity contribution is 0.374. The molecule has 0 radical (unpaired) electrons. The molecule has 0 bridgehead atoms. The van der Waals surface area contributed by atoms with Crippen molar-refractivity contribution in [2.45, 2.75) is 0 Å². The third-order valence-corrected chi connectivity index (χ3v) is 4.51. The highest BCUT2D eigenvalue weighted by molar-refractivity contribution is 14.0. The van der Waals surface area contributed by atoms with Gasteiger partial charge in [-0.15, -0.1) is 24.0 Å². The highest BCUT2D eigenvalue weighted by Gasteiger charge is 2.20. The van der Waals surface area contributed by atoms with Crippen LogP contribution in [-0.2, 0) is 0 Å². The zero-order valence-electron chi connectivity index (χ0n) is 13.1. The minimum atomic E-state index is 0. The number of hydrogen-bond donors (Lipinski definition) is 1. The Kier molecular flexibility index (Phi) is 9.35. The van der Waals surface area contributed by atoms with Gasteiger partial charge in [-0.1, -0.05) is 23.7 Å². The predicted molar refractivity (Wildman–Crippen MR) is 110 cm³/mol. The van der Waals surface area contributed by atoms with Gasteiger partial charge >= 0.3 is 0 Å². The summed E-state index contributed by atoms with van der Waals surface area (Å²) in [5.74, 6) is 2.10. The maximum atomic E-state index is 6.27. The van der Waals surface area contributed by atoms with Gasteiger partial charge in [-0.05, 0) is 18.4 Å². The average molecular weight is 455 g/mol. The number of nitrogens with one attached hydrogen (secondary N) is 1. The summed E-state index contributed by atoms with van der Waals surface area (Å²) in [5, 5.41) is 4.24. The standard InChI is InChI=1S/C15H23ClN4S.HI/c1-17-15(18-7-12-21-2)20-10-8-19(9-11-20)14-6-4-3-5-13(14)16;/h3-6H,7-12H2,1-2H3,(H,17,18);1H. The second-order valence-electron chi connectivity index (χ2n) is 4.89. The van der Waals surface area contributed by atoms with Gasteiger partial charge in [-0.25, -0.2) is 0 Å². The Balaban J connectivity index is 0.00000242. The summed E-state index contributed by atoms with van der Waals surface area (Å²) in [6, 6.07) is 8.05. The van der Waals surface area contributed by atoms with Crippen LogP contribution in [0.4, 0.5) is 5.69 Å². The number of hydrogen-bond acceptors (Lipinski definition) is 3. The van der Waals surface area contributed by atoms with E-state index in [1.807, 2.05) is 37.0 Å². The molecule has 0 saturated carbocycles. The van der Waals surface area contributed by atoms with Crippen LogP contribution in [0.2, 0.25) is 5.02 Å². The molecule has 124 valence electrons. The minimum Gasteiger partial charge on any atom is -0.367 e. The van der Waals surface area contributed by atoms with Gasteiger partial charge in [0.25, 0.3) is 0 Å². The molecular weight excluding hydrogens is 431 g/mol. The molecule has 0 aliphatic carbocycles. The Labute approximate surface area is 159 Å². The van der Waals surface area contributed by atoms with E-state index < -0.39 is 0 Å². The lowest BCUT2D eigenvalue weighted by Crippen LogP contribution is -2.52. The number of benzene rings is 1. The van der Waals surface area contributed by atoms with Gasteiger partial charge in [0.15, 0.2) is 5.96 Å². The van der Waals surface area contributed by atoms with E-state index in [0.29, 0.717) is 0 Å². The van der Waals surface area contributed by atoms with Gasteiger partial charge in [-0.2, -0.15) is 11.8 Å². The molecule has 1 heterocycles. The maximum Gasteiger partial charge on any atom is 0.193 e. The van der Waals surface area contributed by atoms with Crippen LogP contribution in [0, 0.1) is 0 Å². The molecule has 1 aliphatic rings. The largest absolute Gasteiger partial charge is 0.367 e. The Bertz CT molecular complexity index is 478. The second-order valence-corrected chi connectivity index (χ2v) is 6.29. The van der Waals surface area contributed by atoms with Crippen LogP contribution in [0.1, 0.15) is 0 Å². The highest BCUT2D eigenvalue weighted by atomic mass is 127. The van der Waals surface area contributed by atoms with E-state index in [4.69, 9.17) is 11.6 Å². The van der Waals surface area contributed by atoms with Crippen molar-refractivity contribution < 1.29 is 0 Å². The molecule has 22 heavy (non-hydrogen) atoms. The molecule has 0 atom stereocenters. The van der Waals surface area contributed by atoms with E-state index in [0.717, 1.165) is 55.1 Å². The van der Waals surface area contributed by atoms with E-state index in [-0.39, 0.29) is 24.0 Å². The number of nitrogens with zero attached hydrogens (tertiary/aromatic N) is 3. The molecule has 1 fully saturated rings. The molecule has 1 aromatic carbocycles. The minimum absolute atomic E-state index is 0. The first kappa shape index (κ1) is 19.7. The Morgan fingerprint density at radius 2 is 1.95 bits per heavy atom. The zero-order chi connectivity index (χ0) is 15.1. The van der Waals surface area contributed by atoms with Crippen molar-refractivity contribution in [3.05, 3.63) is 29.3 Å². The second kappa shape index (κ2) is 10.4. The third-order valence-electron chi connectivity index (χ3n) is 3.57. The van der Waals surface area contributed by atoms with Crippen LogP contribution in [0.15, 0.2) is 29.3 Å². The number of halogens is 2. The Hall–Kier alpha value is -0.340. The fraction of sp³-hybridized carbons (Fsp3) is 0.533. The van der Waals surface area contributed by atoms with E-state index in [1.165, 1.54) is 0 Å². The van der Waals surface area contributed by atoms with Crippen molar-refractivity contribution in [1.29, 1.82) is 0 Å². The van der Waals surface area contributed by atoms with Crippen LogP contribution >= 0.6 is 47.3 Å². The summed E-state index contributed by atoms with van der Waals surface area (Å²) in [5.41, 5.74) is 1.13. The van der Waals surface area contributed by atoms with Gasteiger partial charge in [0.2, 0.25) is 0 Å². The quantitative estimate of drug-likeness (QED) is 0.328. The summed E-state index contributed by atoms with van der Waals surface area (Å²) in [4.78, 5) is 9.03. The first-order valence-electron chi connectivity index (χ1n) is 7.20. The van der Waals surface area contributed by atoms with Gasteiger partial charge in [-0.3, -0.25) is 4.99 Å². The number of anilines is 1. The molecular formula is C15H24ClIN4S. The summed E-state index contributed by atoms with van der Waals surface area (Å²) < 4.78 is 0. The maximum absolute atomic E-state index is 6.27. The molecule has 1 saturated heterocycles. The first-order chi connectivity index (χ1) is 10.3. The topological polar surface area (TPSA) is 30.9 Å². The van der Waals surface area contributed by atoms with Crippen LogP contribution in [0.3, 0.4) is 0 Å². The van der Waals surface area contributed by atoms with Gasteiger partial charge in [0.05, 0.1) is 10.7 Å². The van der Waals surface area contributed by atoms with Crippen molar-refractivity contribution in [2.75, 3.05) is 56.7 Å². The first-order valence-corrected chi connectivity index (χ1v) is 8.97. The molecule has 0 amide bonds. The summed E-state index contributed by atoms with van der Waals surface area (Å²) in [7, 11) is 1.85. The number of thioether (sulfide) groups is 1. The van der Waals surface area contributed by atoms with Crippen molar-refractivity contribution in [3.63, 3.8) is 0 Å². The molecule has 0 aromatic heterocycles. The van der Waals surface area contributed by atoms with E-state index in [2.05, 4.69) is 32.4 Å². The van der Waals surface area contributed by atoms with Crippen LogP contribution in [0.5, 0.6) is 0 Å². The molecule has 0 spiro atoms. The molecule has 1 aliphatic heterocycles. The summed E-state index contributed by atoms with van der Waals surface area (Å²) in [6.45, 7) is 4.81. The van der Waals surface area contributed by atoms with Crippen molar-refractivity contribution in [1.82, 2.24) is 10.2 Å². The lowest BCUT2D eigenvalue weighted by atomic mass is 10.2. The molecule has 4 nitrogen and oxygen atoms in total. The molecule has 0 unspecified atom stereocenters. The van der Waals surface area contributed by atoms with E-state index in [1.54, 1.807) is 0 Å². The van der Waals surface area contributed by atoms with Crippen molar-refractivity contribution in [3.8, 4) is 0 Å². The normalized spacial score (nSPS) is 15.5. The fourth-order valence-corrected chi connectivity index (χ4v) is 3.03. The van der Waals surface area contributed by atoms with Crippen molar-refractivity contribution >= 4 is 59.0 Å². The summed E-state index contributed by atoms with van der Waals surface area (Å²) >= 11 is 8.12. The van der Waals surface area contributed by atoms with Crippen LogP contribution < -0.4 is 10.2 Å². The van der Waals surface area contributed by atoms with E-state index >= 15 is 0 Å². The van der Waals surface area contributed by atoms with Gasteiger partial charge in [0.1, 0.15) is 0 Å². The van der Waals surface area contributed by atoms with Gasteiger partial charge < -0.3 is 15.1 Å². The van der Waals surface area contributed by atoms with Crippen molar-refractivity contribution in [2.24, 2.45) is 4.99 Å². The number of guanidine groups is 1. The predicted octanol–water partition coefficient (Wildman–Crippen LogP) is 3.02. The molecule has 1 aromatic rings. The SMILES string of the molecule is CN=C(NCCSC)N1CCN(c2ccccc2Cl)CC1.I. The monoisotopic (exact) mass is 454 g/mol. The fourth-order valence-electron chi connectivity index (χ4n) is 2.46. The van der Waals surface area contributed by atoms with Gasteiger partial charge in [0, 0.05) is 45.5 Å². The average Bonchev–Trinajstić information content (AvgIpc) is 2.53. The summed E-state index contributed by atoms with van der Waals surface area (Å²) in [6.07, 6.45) is 2.12. The molecule has 2 rings (SSSR count). The van der Waals surface area contributed by atoms with Crippen LogP contribution in [0.25, 0.3) is 0 Å². The number of rotatable bonds is 4. The Morgan fingerprint density at radius 3 is 2.55 bits per heavy atom.